The quantitative estimate of drug-likeness (QED) is 0.0205. The van der Waals surface area contributed by atoms with Gasteiger partial charge in [0.2, 0.25) is 18.5 Å². The molecule has 0 spiro atoms. The van der Waals surface area contributed by atoms with Gasteiger partial charge >= 0.3 is 0 Å². The Balaban J connectivity index is 1.24. The van der Waals surface area contributed by atoms with Crippen LogP contribution in [0.15, 0.2) is 151 Å². The van der Waals surface area contributed by atoms with E-state index in [9.17, 15) is 30.4 Å². The summed E-state index contributed by atoms with van der Waals surface area (Å²) in [6, 6.07) is 31.6. The summed E-state index contributed by atoms with van der Waals surface area (Å²) in [6.07, 6.45) is 11.0. The van der Waals surface area contributed by atoms with Gasteiger partial charge in [0.1, 0.15) is 29.9 Å². The summed E-state index contributed by atoms with van der Waals surface area (Å²) in [6.45, 7) is 4.36. The number of aliphatic hydroxyl groups excluding tert-OH is 2. The summed E-state index contributed by atoms with van der Waals surface area (Å²) >= 11 is 0. The van der Waals surface area contributed by atoms with Crippen molar-refractivity contribution in [1.29, 1.82) is 0 Å². The Labute approximate surface area is 428 Å². The third-order valence-electron chi connectivity index (χ3n) is 14.1. The number of benzene rings is 5. The van der Waals surface area contributed by atoms with E-state index in [1.165, 1.54) is 30.3 Å². The minimum Gasteiger partial charge on any atom is -0.459 e. The van der Waals surface area contributed by atoms with Crippen LogP contribution in [0.5, 0.6) is 28.7 Å². The lowest BCUT2D eigenvalue weighted by Crippen LogP contribution is -2.70. The number of aliphatic hydroxyl groups is 2. The number of hydrogen-bond donors (Lipinski definition) is 2. The van der Waals surface area contributed by atoms with E-state index in [1.54, 1.807) is 53.5 Å². The largest absolute Gasteiger partial charge is 0.459 e. The summed E-state index contributed by atoms with van der Waals surface area (Å²) in [5.41, 5.74) is 4.16. The SMILES string of the molecule is C=CCO[C@@]12Oc3ccc(Oc4cccc([N+](=O)[O-])c4)cc3[C@H]3[C@H](CCCCO)[C@@H](CCCCO)C=C(C(=NOCc4ccccc4)C[C@@H]1N(Cc1ccc4c(c1)OCO4)C(=O)C=Cc1ccc([N+](=O)[O-])cc1)[C@H]32. The number of allylic oxidation sites excluding steroid dienone is 1. The molecule has 0 radical (unpaired) electrons. The van der Waals surface area contributed by atoms with Gasteiger partial charge in [0, 0.05) is 61.9 Å². The molecule has 1 amide bonds. The number of rotatable bonds is 23. The summed E-state index contributed by atoms with van der Waals surface area (Å²) < 4.78 is 32.5. The molecule has 74 heavy (non-hydrogen) atoms. The molecule has 17 nitrogen and oxygen atoms in total. The van der Waals surface area contributed by atoms with E-state index < -0.39 is 39.4 Å². The van der Waals surface area contributed by atoms with Gasteiger partial charge in [0.25, 0.3) is 11.4 Å². The first-order valence-electron chi connectivity index (χ1n) is 24.9. The number of carbonyl (C=O) groups is 1. The van der Waals surface area contributed by atoms with Crippen LogP contribution in [0.3, 0.4) is 0 Å². The van der Waals surface area contributed by atoms with E-state index in [1.807, 2.05) is 54.6 Å². The molecule has 4 aliphatic rings. The van der Waals surface area contributed by atoms with Crippen molar-refractivity contribution >= 4 is 29.1 Å². The van der Waals surface area contributed by atoms with E-state index in [-0.39, 0.29) is 75.1 Å². The number of ether oxygens (including phenoxy) is 5. The maximum Gasteiger partial charge on any atom is 0.273 e. The molecule has 6 atom stereocenters. The van der Waals surface area contributed by atoms with Crippen LogP contribution >= 0.6 is 0 Å². The predicted molar refractivity (Wildman–Crippen MR) is 275 cm³/mol. The minimum atomic E-state index is -1.63. The highest BCUT2D eigenvalue weighted by molar-refractivity contribution is 6.03. The van der Waals surface area contributed by atoms with E-state index in [0.717, 1.165) is 35.1 Å². The maximum absolute atomic E-state index is 15.4. The highest BCUT2D eigenvalue weighted by atomic mass is 16.7. The minimum absolute atomic E-state index is 0.00627. The predicted octanol–water partition coefficient (Wildman–Crippen LogP) is 10.6. The van der Waals surface area contributed by atoms with Gasteiger partial charge in [-0.25, -0.2) is 0 Å². The Hall–Kier alpha value is -7.86. The van der Waals surface area contributed by atoms with E-state index in [4.69, 9.17) is 33.7 Å². The second kappa shape index (κ2) is 23.3. The molecule has 1 saturated carbocycles. The molecule has 0 saturated heterocycles. The summed E-state index contributed by atoms with van der Waals surface area (Å²) in [5.74, 6) is -1.04. The molecule has 0 unspecified atom stereocenters. The number of amides is 1. The van der Waals surface area contributed by atoms with Crippen LogP contribution in [0.4, 0.5) is 11.4 Å². The maximum atomic E-state index is 15.4. The molecule has 0 aromatic heterocycles. The zero-order valence-corrected chi connectivity index (χ0v) is 40.7. The zero-order chi connectivity index (χ0) is 51.6. The van der Waals surface area contributed by atoms with Crippen molar-refractivity contribution in [3.63, 3.8) is 0 Å². The number of non-ortho nitro benzene ring substituents is 2. The van der Waals surface area contributed by atoms with Crippen LogP contribution in [0, 0.1) is 38.0 Å². The first kappa shape index (κ1) is 51.1. The summed E-state index contributed by atoms with van der Waals surface area (Å²) in [4.78, 5) is 45.7. The van der Waals surface area contributed by atoms with Gasteiger partial charge in [-0.3, -0.25) is 25.0 Å². The van der Waals surface area contributed by atoms with E-state index in [2.05, 4.69) is 12.7 Å². The van der Waals surface area contributed by atoms with Crippen molar-refractivity contribution in [2.75, 3.05) is 26.6 Å². The summed E-state index contributed by atoms with van der Waals surface area (Å²) in [7, 11) is 0. The topological polar surface area (TPSA) is 215 Å². The molecule has 17 heteroatoms. The van der Waals surface area contributed by atoms with Crippen LogP contribution in [0.1, 0.15) is 73.1 Å². The van der Waals surface area contributed by atoms with Gasteiger partial charge < -0.3 is 43.6 Å². The molecule has 5 aromatic rings. The monoisotopic (exact) mass is 1010 g/mol. The second-order valence-corrected chi connectivity index (χ2v) is 18.7. The summed E-state index contributed by atoms with van der Waals surface area (Å²) in [5, 5.41) is 48.4. The van der Waals surface area contributed by atoms with Gasteiger partial charge in [0.05, 0.1) is 34.1 Å². The molecule has 2 aliphatic carbocycles. The molecule has 1 fully saturated rings. The van der Waals surface area contributed by atoms with Crippen LogP contribution in [-0.4, -0.2) is 75.0 Å². The van der Waals surface area contributed by atoms with Gasteiger partial charge in [0.15, 0.2) is 11.5 Å². The fraction of sp³-hybridized carbons (Fsp3) is 0.333. The highest BCUT2D eigenvalue weighted by Crippen LogP contribution is 2.62. The third-order valence-corrected chi connectivity index (χ3v) is 14.1. The number of fused-ring (bicyclic) bond motifs is 3. The molecule has 2 aliphatic heterocycles. The standard InChI is InChI=1S/C57H58N4O13/c1-2-29-71-57-53(59(35-40-19-24-51-52(30-40)70-37-69-51)54(64)26-20-38-17-21-42(22-18-38)60(65)66)34-49(58-72-36-39-11-4-3-5-12-39)47-31-41(13-6-8-27-62)46(16-7-9-28-63)55(56(47)57)48-33-45(23-25-50(48)74-57)73-44-15-10-14-43(32-44)61(67)68/h2-5,10-12,14-15,17-26,30-33,41,46,53,55-56,62-63H,1,6-9,13,16,27-29,34-37H2/t41-,46+,53-,55+,56+,57+/m0/s1. The average molecular weight is 1010 g/mol. The van der Waals surface area contributed by atoms with E-state index >= 15 is 4.79 Å². The van der Waals surface area contributed by atoms with Gasteiger partial charge in [-0.15, -0.1) is 6.58 Å². The smallest absolute Gasteiger partial charge is 0.273 e. The number of oxime groups is 1. The molecule has 384 valence electrons. The van der Waals surface area contributed by atoms with Crippen LogP contribution in [0.25, 0.3) is 6.08 Å². The van der Waals surface area contributed by atoms with Crippen molar-refractivity contribution in [1.82, 2.24) is 4.90 Å². The number of carbonyl (C=O) groups excluding carboxylic acids is 1. The van der Waals surface area contributed by atoms with Crippen molar-refractivity contribution in [3.05, 3.63) is 188 Å². The Morgan fingerprint density at radius 3 is 2.31 bits per heavy atom. The fourth-order valence-electron chi connectivity index (χ4n) is 10.8. The van der Waals surface area contributed by atoms with Gasteiger partial charge in [-0.2, -0.15) is 0 Å². The lowest BCUT2D eigenvalue weighted by molar-refractivity contribution is -0.385. The second-order valence-electron chi connectivity index (χ2n) is 18.7. The Morgan fingerprint density at radius 2 is 1.55 bits per heavy atom. The normalized spacial score (nSPS) is 21.7. The van der Waals surface area contributed by atoms with Gasteiger partial charge in [-0.05, 0) is 114 Å². The molecular weight excluding hydrogens is 949 g/mol. The molecule has 0 bridgehead atoms. The molecule has 2 N–H and O–H groups in total. The van der Waals surface area contributed by atoms with E-state index in [0.29, 0.717) is 60.0 Å². The Morgan fingerprint density at radius 1 is 0.811 bits per heavy atom. The first-order valence-corrected chi connectivity index (χ1v) is 24.9. The number of nitrogens with zero attached hydrogens (tertiary/aromatic N) is 4. The fourth-order valence-corrected chi connectivity index (χ4v) is 10.8. The van der Waals surface area contributed by atoms with Crippen molar-refractivity contribution in [2.24, 2.45) is 22.9 Å². The third kappa shape index (κ3) is 11.2. The average Bonchev–Trinajstić information content (AvgIpc) is 3.89. The lowest BCUT2D eigenvalue weighted by atomic mass is 9.55. The van der Waals surface area contributed by atoms with Gasteiger partial charge in [-0.1, -0.05) is 72.6 Å². The molecule has 9 rings (SSSR count). The van der Waals surface area contributed by atoms with Crippen molar-refractivity contribution < 1.29 is 53.4 Å². The number of unbranched alkanes of at least 4 members (excludes halogenated alkanes) is 2. The van der Waals surface area contributed by atoms with Crippen molar-refractivity contribution in [2.45, 2.75) is 75.8 Å². The van der Waals surface area contributed by atoms with Crippen molar-refractivity contribution in [3.8, 4) is 28.7 Å². The number of hydrogen-bond acceptors (Lipinski definition) is 14. The van der Waals surface area contributed by atoms with Crippen LogP contribution in [-0.2, 0) is 27.5 Å². The number of nitro benzene ring substituents is 2. The zero-order valence-electron chi connectivity index (χ0n) is 40.7. The highest BCUT2D eigenvalue weighted by Gasteiger charge is 2.65. The van der Waals surface area contributed by atoms with Crippen LogP contribution in [0.2, 0.25) is 0 Å². The molecule has 5 aromatic carbocycles. The Bertz CT molecular complexity index is 2930. The molecular formula is C57H58N4O13. The Kier molecular flexibility index (Phi) is 16.1. The van der Waals surface area contributed by atoms with Crippen LogP contribution < -0.4 is 18.9 Å². The number of nitro groups is 2. The lowest BCUT2D eigenvalue weighted by Gasteiger charge is -2.60. The first-order chi connectivity index (χ1) is 36.1. The molecule has 2 heterocycles.